The molecule has 1 aromatic rings. The molecule has 2 N–H and O–H groups in total. The van der Waals surface area contributed by atoms with Gasteiger partial charge in [0.05, 0.1) is 6.61 Å². The number of rotatable bonds is 7. The minimum atomic E-state index is 0.299. The smallest absolute Gasteiger partial charge is 0.119 e. The number of piperidine rings is 1. The van der Waals surface area contributed by atoms with Crippen LogP contribution in [0.1, 0.15) is 31.7 Å². The third-order valence-electron chi connectivity index (χ3n) is 3.87. The minimum Gasteiger partial charge on any atom is -0.493 e. The number of hydrogen-bond acceptors (Lipinski definition) is 4. The molecule has 1 aliphatic heterocycles. The third-order valence-corrected chi connectivity index (χ3v) is 3.87. The maximum Gasteiger partial charge on any atom is 0.119 e. The van der Waals surface area contributed by atoms with E-state index in [0.29, 0.717) is 12.6 Å². The highest BCUT2D eigenvalue weighted by atomic mass is 16.5. The zero-order chi connectivity index (χ0) is 15.1. The summed E-state index contributed by atoms with van der Waals surface area (Å²) in [7, 11) is 0. The molecule has 0 radical (unpaired) electrons. The van der Waals surface area contributed by atoms with Crippen molar-refractivity contribution < 1.29 is 9.47 Å². The Morgan fingerprint density at radius 3 is 2.90 bits per heavy atom. The number of hydrogen-bond donors (Lipinski definition) is 1. The van der Waals surface area contributed by atoms with E-state index in [-0.39, 0.29) is 0 Å². The number of nitrogens with zero attached hydrogens (tertiary/aromatic N) is 1. The minimum absolute atomic E-state index is 0.299. The standard InChI is InChI=1S/C17H28N2O2/c1-3-20-10-5-11-21-16-7-8-17(14(2)12-16)19-9-4-6-15(18)13-19/h7-8,12,15H,3-6,9-11,13,18H2,1-2H3. The molecule has 1 fully saturated rings. The first kappa shape index (κ1) is 16.1. The predicted octanol–water partition coefficient (Wildman–Crippen LogP) is 2.73. The molecule has 0 aliphatic carbocycles. The summed E-state index contributed by atoms with van der Waals surface area (Å²) in [6.07, 6.45) is 3.24. The summed E-state index contributed by atoms with van der Waals surface area (Å²) in [6.45, 7) is 8.44. The van der Waals surface area contributed by atoms with Gasteiger partial charge < -0.3 is 20.1 Å². The number of ether oxygens (including phenoxy) is 2. The van der Waals surface area contributed by atoms with Crippen LogP contribution < -0.4 is 15.4 Å². The van der Waals surface area contributed by atoms with Gasteiger partial charge in [0.25, 0.3) is 0 Å². The Kier molecular flexibility index (Phi) is 6.33. The molecule has 118 valence electrons. The van der Waals surface area contributed by atoms with E-state index in [0.717, 1.165) is 44.9 Å². The van der Waals surface area contributed by atoms with Gasteiger partial charge >= 0.3 is 0 Å². The predicted molar refractivity (Wildman–Crippen MR) is 87.2 cm³/mol. The molecule has 1 aliphatic rings. The van der Waals surface area contributed by atoms with Gasteiger partial charge in [-0.05, 0) is 50.5 Å². The second-order valence-electron chi connectivity index (χ2n) is 5.70. The molecule has 2 rings (SSSR count). The fourth-order valence-electron chi connectivity index (χ4n) is 2.80. The van der Waals surface area contributed by atoms with Gasteiger partial charge in [-0.3, -0.25) is 0 Å². The van der Waals surface area contributed by atoms with Crippen LogP contribution in [0.5, 0.6) is 5.75 Å². The van der Waals surface area contributed by atoms with E-state index in [1.807, 2.05) is 6.92 Å². The third kappa shape index (κ3) is 4.90. The maximum atomic E-state index is 6.07. The van der Waals surface area contributed by atoms with Gasteiger partial charge in [0.2, 0.25) is 0 Å². The lowest BCUT2D eigenvalue weighted by Crippen LogP contribution is -2.43. The monoisotopic (exact) mass is 292 g/mol. The van der Waals surface area contributed by atoms with E-state index < -0.39 is 0 Å². The summed E-state index contributed by atoms with van der Waals surface area (Å²) in [6, 6.07) is 6.64. The van der Waals surface area contributed by atoms with Crippen molar-refractivity contribution in [3.8, 4) is 5.75 Å². The second kappa shape index (κ2) is 8.25. The number of aryl methyl sites for hydroxylation is 1. The van der Waals surface area contributed by atoms with E-state index in [1.165, 1.54) is 17.7 Å². The van der Waals surface area contributed by atoms with Gasteiger partial charge in [-0.15, -0.1) is 0 Å². The molecule has 1 aromatic carbocycles. The zero-order valence-electron chi connectivity index (χ0n) is 13.3. The molecule has 0 aromatic heterocycles. The van der Waals surface area contributed by atoms with Crippen molar-refractivity contribution in [3.05, 3.63) is 23.8 Å². The molecule has 0 amide bonds. The Bertz CT molecular complexity index is 437. The number of nitrogens with two attached hydrogens (primary N) is 1. The van der Waals surface area contributed by atoms with Crippen molar-refractivity contribution in [2.24, 2.45) is 5.73 Å². The Morgan fingerprint density at radius 1 is 1.33 bits per heavy atom. The molecule has 0 saturated carbocycles. The molecule has 21 heavy (non-hydrogen) atoms. The average Bonchev–Trinajstić information content (AvgIpc) is 2.47. The van der Waals surface area contributed by atoms with Gasteiger partial charge in [0.1, 0.15) is 5.75 Å². The highest BCUT2D eigenvalue weighted by Crippen LogP contribution is 2.27. The summed E-state index contributed by atoms with van der Waals surface area (Å²) in [4.78, 5) is 2.39. The molecular weight excluding hydrogens is 264 g/mol. The van der Waals surface area contributed by atoms with E-state index >= 15 is 0 Å². The van der Waals surface area contributed by atoms with Crippen LogP contribution in [0.25, 0.3) is 0 Å². The van der Waals surface area contributed by atoms with Crippen LogP contribution in [0.15, 0.2) is 18.2 Å². The fourth-order valence-corrected chi connectivity index (χ4v) is 2.80. The second-order valence-corrected chi connectivity index (χ2v) is 5.70. The van der Waals surface area contributed by atoms with Gasteiger partial charge in [-0.25, -0.2) is 0 Å². The van der Waals surface area contributed by atoms with Crippen LogP contribution in [0.4, 0.5) is 5.69 Å². The Balaban J connectivity index is 1.88. The van der Waals surface area contributed by atoms with Crippen molar-refractivity contribution >= 4 is 5.69 Å². The summed E-state index contributed by atoms with van der Waals surface area (Å²) in [5.74, 6) is 0.939. The largest absolute Gasteiger partial charge is 0.493 e. The highest BCUT2D eigenvalue weighted by Gasteiger charge is 2.18. The molecule has 4 heteroatoms. The van der Waals surface area contributed by atoms with Gasteiger partial charge in [-0.2, -0.15) is 0 Å². The highest BCUT2D eigenvalue weighted by molar-refractivity contribution is 5.56. The van der Waals surface area contributed by atoms with Crippen molar-refractivity contribution in [1.82, 2.24) is 0 Å². The Labute approximate surface area is 128 Å². The molecule has 1 atom stereocenters. The van der Waals surface area contributed by atoms with Crippen molar-refractivity contribution in [3.63, 3.8) is 0 Å². The number of benzene rings is 1. The molecule has 1 saturated heterocycles. The SMILES string of the molecule is CCOCCCOc1ccc(N2CCCC(N)C2)c(C)c1. The molecule has 1 heterocycles. The summed E-state index contributed by atoms with van der Waals surface area (Å²) < 4.78 is 11.1. The summed E-state index contributed by atoms with van der Waals surface area (Å²) >= 11 is 0. The van der Waals surface area contributed by atoms with E-state index in [1.54, 1.807) is 0 Å². The Morgan fingerprint density at radius 2 is 2.19 bits per heavy atom. The lowest BCUT2D eigenvalue weighted by Gasteiger charge is -2.33. The van der Waals surface area contributed by atoms with Gasteiger partial charge in [-0.1, -0.05) is 0 Å². The lowest BCUT2D eigenvalue weighted by atomic mass is 10.0. The fraction of sp³-hybridized carbons (Fsp3) is 0.647. The quantitative estimate of drug-likeness (QED) is 0.785. The van der Waals surface area contributed by atoms with Crippen LogP contribution in [-0.2, 0) is 4.74 Å². The zero-order valence-corrected chi connectivity index (χ0v) is 13.3. The van der Waals surface area contributed by atoms with Crippen LogP contribution in [0, 0.1) is 6.92 Å². The van der Waals surface area contributed by atoms with Crippen LogP contribution in [0.3, 0.4) is 0 Å². The molecule has 4 nitrogen and oxygen atoms in total. The maximum absolute atomic E-state index is 6.07. The van der Waals surface area contributed by atoms with Gasteiger partial charge in [0.15, 0.2) is 0 Å². The van der Waals surface area contributed by atoms with Gasteiger partial charge in [0, 0.05) is 44.5 Å². The van der Waals surface area contributed by atoms with Crippen molar-refractivity contribution in [2.75, 3.05) is 37.8 Å². The molecular formula is C17H28N2O2. The topological polar surface area (TPSA) is 47.7 Å². The average molecular weight is 292 g/mol. The van der Waals surface area contributed by atoms with E-state index in [4.69, 9.17) is 15.2 Å². The van der Waals surface area contributed by atoms with Crippen molar-refractivity contribution in [2.45, 2.75) is 39.2 Å². The van der Waals surface area contributed by atoms with Crippen LogP contribution in [0.2, 0.25) is 0 Å². The first-order chi connectivity index (χ1) is 10.2. The van der Waals surface area contributed by atoms with E-state index in [9.17, 15) is 0 Å². The molecule has 0 spiro atoms. The first-order valence-corrected chi connectivity index (χ1v) is 8.02. The Hall–Kier alpha value is -1.26. The molecule has 0 bridgehead atoms. The van der Waals surface area contributed by atoms with E-state index in [2.05, 4.69) is 30.0 Å². The van der Waals surface area contributed by atoms with Crippen LogP contribution in [-0.4, -0.2) is 39.0 Å². The first-order valence-electron chi connectivity index (χ1n) is 8.02. The number of anilines is 1. The van der Waals surface area contributed by atoms with Crippen molar-refractivity contribution in [1.29, 1.82) is 0 Å². The summed E-state index contributed by atoms with van der Waals surface area (Å²) in [5.41, 5.74) is 8.61. The summed E-state index contributed by atoms with van der Waals surface area (Å²) in [5, 5.41) is 0. The van der Waals surface area contributed by atoms with Crippen LogP contribution >= 0.6 is 0 Å². The lowest BCUT2D eigenvalue weighted by molar-refractivity contribution is 0.131. The normalized spacial score (nSPS) is 18.8. The molecule has 1 unspecified atom stereocenters.